The molecule has 1 aliphatic rings. The third-order valence-electron chi connectivity index (χ3n) is 7.92. The van der Waals surface area contributed by atoms with Crippen LogP contribution in [0.3, 0.4) is 0 Å². The Morgan fingerprint density at radius 2 is 1.73 bits per heavy atom. The van der Waals surface area contributed by atoms with Gasteiger partial charge in [-0.05, 0) is 75.2 Å². The summed E-state index contributed by atoms with van der Waals surface area (Å²) in [7, 11) is 1.57. The Balaban J connectivity index is 1.71. The first-order valence-electron chi connectivity index (χ1n) is 15.9. The van der Waals surface area contributed by atoms with E-state index >= 15 is 0 Å². The number of fused-ring (bicyclic) bond motifs is 2. The van der Waals surface area contributed by atoms with Crippen molar-refractivity contribution in [3.63, 3.8) is 0 Å². The third kappa shape index (κ3) is 9.12. The van der Waals surface area contributed by atoms with Gasteiger partial charge in [0.2, 0.25) is 11.8 Å². The summed E-state index contributed by atoms with van der Waals surface area (Å²) in [5.41, 5.74) is 1.06. The lowest BCUT2D eigenvalue weighted by molar-refractivity contribution is -0.129. The van der Waals surface area contributed by atoms with Crippen molar-refractivity contribution in [2.45, 2.75) is 72.1 Å². The van der Waals surface area contributed by atoms with Crippen molar-refractivity contribution in [1.29, 1.82) is 0 Å². The minimum Gasteiger partial charge on any atom is -0.496 e. The summed E-state index contributed by atoms with van der Waals surface area (Å²) in [5.74, 6) is -1.33. The highest BCUT2D eigenvalue weighted by Crippen LogP contribution is 2.38. The van der Waals surface area contributed by atoms with E-state index in [0.717, 1.165) is 20.8 Å². The number of hydrogen-bond acceptors (Lipinski definition) is 7. The molecule has 48 heavy (non-hydrogen) atoms. The minimum atomic E-state index is -1.12. The molecule has 0 aliphatic carbocycles. The average Bonchev–Trinajstić information content (AvgIpc) is 3.13. The molecule has 0 saturated heterocycles. The van der Waals surface area contributed by atoms with Gasteiger partial charge in [-0.1, -0.05) is 47.1 Å². The van der Waals surface area contributed by atoms with Gasteiger partial charge in [-0.3, -0.25) is 14.4 Å². The van der Waals surface area contributed by atoms with Crippen LogP contribution in [0.1, 0.15) is 59.4 Å². The highest BCUT2D eigenvalue weighted by atomic mass is 79.9. The van der Waals surface area contributed by atoms with Crippen molar-refractivity contribution in [3.8, 4) is 5.75 Å². The molecule has 1 aliphatic heterocycles. The molecule has 1 heterocycles. The summed E-state index contributed by atoms with van der Waals surface area (Å²) >= 11 is 3.53. The lowest BCUT2D eigenvalue weighted by Gasteiger charge is -2.27. The molecular formula is C36H43BrN4O7. The molecule has 12 heteroatoms. The molecule has 0 fully saturated rings. The van der Waals surface area contributed by atoms with Crippen molar-refractivity contribution < 1.29 is 33.4 Å². The zero-order valence-electron chi connectivity index (χ0n) is 28.2. The Labute approximate surface area is 289 Å². The number of anilines is 2. The summed E-state index contributed by atoms with van der Waals surface area (Å²) in [4.78, 5) is 68.7. The number of halogens is 1. The maximum absolute atomic E-state index is 14.5. The number of nitrogens with one attached hydrogen (secondary N) is 2. The number of ketones is 1. The van der Waals surface area contributed by atoms with Crippen LogP contribution in [-0.2, 0) is 30.5 Å². The van der Waals surface area contributed by atoms with Crippen LogP contribution in [0.15, 0.2) is 59.1 Å². The fourth-order valence-electron chi connectivity index (χ4n) is 5.53. The molecule has 0 aromatic heterocycles. The van der Waals surface area contributed by atoms with E-state index in [2.05, 4.69) is 26.6 Å². The number of para-hydroxylation sites is 2. The van der Waals surface area contributed by atoms with Gasteiger partial charge in [-0.2, -0.15) is 0 Å². The number of methoxy groups -OCH3 is 1. The highest BCUT2D eigenvalue weighted by molar-refractivity contribution is 9.10. The van der Waals surface area contributed by atoms with Crippen molar-refractivity contribution in [2.24, 2.45) is 5.92 Å². The largest absolute Gasteiger partial charge is 0.496 e. The van der Waals surface area contributed by atoms with E-state index in [9.17, 15) is 24.0 Å². The van der Waals surface area contributed by atoms with Crippen LogP contribution in [0.25, 0.3) is 10.8 Å². The van der Waals surface area contributed by atoms with E-state index in [1.807, 2.05) is 30.3 Å². The average molecular weight is 724 g/mol. The molecule has 3 aromatic rings. The molecule has 0 saturated carbocycles. The molecule has 256 valence electrons. The Kier molecular flexibility index (Phi) is 11.9. The van der Waals surface area contributed by atoms with Crippen LogP contribution in [0.2, 0.25) is 0 Å². The smallest absolute Gasteiger partial charge is 0.407 e. The summed E-state index contributed by atoms with van der Waals surface area (Å²) in [6.45, 7) is 8.27. The van der Waals surface area contributed by atoms with Crippen LogP contribution in [0.4, 0.5) is 16.2 Å². The molecule has 4 rings (SSSR count). The topological polar surface area (TPSA) is 134 Å². The van der Waals surface area contributed by atoms with Crippen LogP contribution in [-0.4, -0.2) is 61.4 Å². The van der Waals surface area contributed by atoms with Gasteiger partial charge in [0.05, 0.1) is 37.5 Å². The number of amides is 4. The monoisotopic (exact) mass is 722 g/mol. The molecule has 2 N–H and O–H groups in total. The number of nitrogens with zero attached hydrogens (tertiary/aromatic N) is 2. The summed E-state index contributed by atoms with van der Waals surface area (Å²) < 4.78 is 11.9. The van der Waals surface area contributed by atoms with E-state index in [4.69, 9.17) is 9.47 Å². The van der Waals surface area contributed by atoms with Gasteiger partial charge in [0.15, 0.2) is 0 Å². The van der Waals surface area contributed by atoms with Gasteiger partial charge in [0.1, 0.15) is 23.2 Å². The first-order chi connectivity index (χ1) is 22.7. The highest BCUT2D eigenvalue weighted by Gasteiger charge is 2.38. The molecule has 4 amide bonds. The van der Waals surface area contributed by atoms with E-state index in [1.54, 1.807) is 64.0 Å². The molecule has 0 spiro atoms. The molecule has 11 nitrogen and oxygen atoms in total. The van der Waals surface area contributed by atoms with Crippen LogP contribution in [0.5, 0.6) is 5.75 Å². The minimum absolute atomic E-state index is 0.0180. The summed E-state index contributed by atoms with van der Waals surface area (Å²) in [6, 6.07) is 15.6. The summed E-state index contributed by atoms with van der Waals surface area (Å²) in [6.07, 6.45) is 0.0431. The van der Waals surface area contributed by atoms with Gasteiger partial charge in [-0.25, -0.2) is 4.79 Å². The van der Waals surface area contributed by atoms with Gasteiger partial charge >= 0.3 is 6.09 Å². The Bertz CT molecular complexity index is 1700. The number of alkyl carbamates (subject to hydrolysis) is 1. The van der Waals surface area contributed by atoms with E-state index in [0.29, 0.717) is 23.5 Å². The number of carbonyl (C=O) groups is 5. The fourth-order valence-corrected chi connectivity index (χ4v) is 5.91. The molecule has 3 aromatic carbocycles. The Morgan fingerprint density at radius 3 is 2.40 bits per heavy atom. The second-order valence-corrected chi connectivity index (χ2v) is 13.8. The SMILES string of the molecule is COc1ccc2cc(Br)ccc2c1CN1C(=O)[C@@H](NC(=O)[C@@H](C)CNC(=O)OC(C)(C)C)CN(C(=O)CCCC(C)=O)c2ccccc21. The predicted molar refractivity (Wildman–Crippen MR) is 188 cm³/mol. The Morgan fingerprint density at radius 1 is 1.02 bits per heavy atom. The van der Waals surface area contributed by atoms with Crippen molar-refractivity contribution in [2.75, 3.05) is 30.0 Å². The maximum Gasteiger partial charge on any atom is 0.407 e. The number of carbonyl (C=O) groups excluding carboxylic acids is 5. The number of hydrogen-bond donors (Lipinski definition) is 2. The van der Waals surface area contributed by atoms with Crippen LogP contribution in [0, 0.1) is 5.92 Å². The number of ether oxygens (including phenoxy) is 2. The lowest BCUT2D eigenvalue weighted by Crippen LogP contribution is -2.54. The van der Waals surface area contributed by atoms with Crippen molar-refractivity contribution >= 4 is 67.7 Å². The quantitative estimate of drug-likeness (QED) is 0.252. The second kappa shape index (κ2) is 15.6. The fraction of sp³-hybridized carbons (Fsp3) is 0.417. The second-order valence-electron chi connectivity index (χ2n) is 12.9. The number of Topliss-reactive ketones (excluding diaryl/α,β-unsaturated/α-hetero) is 1. The predicted octanol–water partition coefficient (Wildman–Crippen LogP) is 5.90. The lowest BCUT2D eigenvalue weighted by atomic mass is 10.0. The zero-order chi connectivity index (χ0) is 35.2. The maximum atomic E-state index is 14.5. The van der Waals surface area contributed by atoms with E-state index in [1.165, 1.54) is 11.8 Å². The molecule has 0 bridgehead atoms. The molecule has 0 unspecified atom stereocenters. The first kappa shape index (κ1) is 36.4. The number of benzene rings is 3. The van der Waals surface area contributed by atoms with Crippen molar-refractivity contribution in [3.05, 3.63) is 64.6 Å². The van der Waals surface area contributed by atoms with E-state index in [-0.39, 0.29) is 44.2 Å². The Hall–Kier alpha value is -4.45. The third-order valence-corrected chi connectivity index (χ3v) is 8.41. The van der Waals surface area contributed by atoms with Crippen LogP contribution < -0.4 is 25.2 Å². The molecular weight excluding hydrogens is 680 g/mol. The van der Waals surface area contributed by atoms with Crippen molar-refractivity contribution in [1.82, 2.24) is 10.6 Å². The van der Waals surface area contributed by atoms with Gasteiger partial charge in [-0.15, -0.1) is 0 Å². The first-order valence-corrected chi connectivity index (χ1v) is 16.7. The zero-order valence-corrected chi connectivity index (χ0v) is 29.8. The van der Waals surface area contributed by atoms with E-state index < -0.39 is 35.5 Å². The van der Waals surface area contributed by atoms with Gasteiger partial charge in [0, 0.05) is 29.4 Å². The molecule has 0 radical (unpaired) electrons. The van der Waals surface area contributed by atoms with Crippen LogP contribution >= 0.6 is 15.9 Å². The standard InChI is InChI=1S/C36H43BrN4O7/c1-22(19-38-35(46)48-36(3,4)5)33(44)39-28-21-40(32(43)13-9-10-23(2)42)29-11-7-8-12-30(29)41(34(28)45)20-27-26-16-15-25(37)18-24(26)14-17-31(27)47-6/h7-8,11-12,14-18,22,28H,9-10,13,19-21H2,1-6H3,(H,38,46)(H,39,44)/t22-,28-/m0/s1. The number of rotatable bonds is 11. The van der Waals surface area contributed by atoms with Gasteiger partial charge in [0.25, 0.3) is 5.91 Å². The summed E-state index contributed by atoms with van der Waals surface area (Å²) in [5, 5.41) is 7.28. The molecule has 2 atom stereocenters. The normalized spacial score (nSPS) is 15.3. The van der Waals surface area contributed by atoms with Gasteiger partial charge < -0.3 is 34.7 Å².